The molecule has 16 heavy (non-hydrogen) atoms. The molecule has 2 saturated heterocycles. The van der Waals surface area contributed by atoms with Crippen LogP contribution in [0.2, 0.25) is 0 Å². The summed E-state index contributed by atoms with van der Waals surface area (Å²) in [6.07, 6.45) is 2.92. The first-order valence-corrected chi connectivity index (χ1v) is 6.25. The van der Waals surface area contributed by atoms with E-state index in [2.05, 4.69) is 16.3 Å². The van der Waals surface area contributed by atoms with Crippen LogP contribution in [0.15, 0.2) is 0 Å². The fourth-order valence-corrected chi connectivity index (χ4v) is 2.52. The Morgan fingerprint density at radius 3 is 3.31 bits per heavy atom. The van der Waals surface area contributed by atoms with E-state index in [1.54, 1.807) is 0 Å². The monoisotopic (exact) mass is 223 g/mol. The van der Waals surface area contributed by atoms with Crippen LogP contribution in [0.4, 0.5) is 0 Å². The molecule has 0 aromatic carbocycles. The lowest BCUT2D eigenvalue weighted by molar-refractivity contribution is -0.0469. The molecule has 3 atom stereocenters. The molecule has 0 spiro atoms. The predicted molar refractivity (Wildman–Crippen MR) is 62.0 cm³/mol. The van der Waals surface area contributed by atoms with Gasteiger partial charge in [0.1, 0.15) is 0 Å². The van der Waals surface area contributed by atoms with Crippen LogP contribution >= 0.6 is 0 Å². The van der Waals surface area contributed by atoms with Gasteiger partial charge in [0.25, 0.3) is 0 Å². The normalized spacial score (nSPS) is 32.0. The molecule has 0 saturated carbocycles. The minimum atomic E-state index is 0.0862. The van der Waals surface area contributed by atoms with Crippen molar-refractivity contribution in [1.82, 2.24) is 10.2 Å². The Hall–Kier alpha value is -0.630. The molecule has 0 aromatic rings. The van der Waals surface area contributed by atoms with Crippen molar-refractivity contribution in [2.45, 2.75) is 31.9 Å². The lowest BCUT2D eigenvalue weighted by Crippen LogP contribution is -2.49. The summed E-state index contributed by atoms with van der Waals surface area (Å²) in [5.74, 6) is 0.0862. The van der Waals surface area contributed by atoms with Crippen LogP contribution in [0.3, 0.4) is 0 Å². The first-order valence-electron chi connectivity index (χ1n) is 6.25. The zero-order valence-electron chi connectivity index (χ0n) is 9.98. The van der Waals surface area contributed by atoms with Gasteiger partial charge < -0.3 is 10.1 Å². The summed E-state index contributed by atoms with van der Waals surface area (Å²) in [7, 11) is 0. The number of nitrogens with one attached hydrogen (secondary N) is 1. The van der Waals surface area contributed by atoms with E-state index in [-0.39, 0.29) is 5.92 Å². The van der Waals surface area contributed by atoms with E-state index in [4.69, 9.17) is 10.00 Å². The van der Waals surface area contributed by atoms with Gasteiger partial charge in [0.15, 0.2) is 0 Å². The van der Waals surface area contributed by atoms with Gasteiger partial charge in [-0.3, -0.25) is 4.90 Å². The number of nitrogens with zero attached hydrogens (tertiary/aromatic N) is 2. The van der Waals surface area contributed by atoms with Crippen molar-refractivity contribution in [1.29, 1.82) is 5.26 Å². The first kappa shape index (κ1) is 11.8. The largest absolute Gasteiger partial charge is 0.374 e. The average molecular weight is 223 g/mol. The van der Waals surface area contributed by atoms with Gasteiger partial charge in [-0.05, 0) is 26.3 Å². The second kappa shape index (κ2) is 5.62. The standard InChI is InChI=1S/C12H21N3O/c1-10(5-13)6-14-7-12-8-15-4-2-3-11(15)9-16-12/h10-12,14H,2-4,6-9H2,1H3. The summed E-state index contributed by atoms with van der Waals surface area (Å²) in [6.45, 7) is 6.75. The number of rotatable bonds is 4. The second-order valence-corrected chi connectivity index (χ2v) is 4.93. The van der Waals surface area contributed by atoms with Gasteiger partial charge in [-0.15, -0.1) is 0 Å². The zero-order valence-corrected chi connectivity index (χ0v) is 9.98. The minimum Gasteiger partial charge on any atom is -0.374 e. The molecule has 2 fully saturated rings. The Bertz CT molecular complexity index is 263. The molecule has 90 valence electrons. The summed E-state index contributed by atoms with van der Waals surface area (Å²) in [6, 6.07) is 2.90. The quantitative estimate of drug-likeness (QED) is 0.758. The van der Waals surface area contributed by atoms with E-state index >= 15 is 0 Å². The Balaban J connectivity index is 1.66. The number of ether oxygens (including phenoxy) is 1. The van der Waals surface area contributed by atoms with Gasteiger partial charge in [0, 0.05) is 25.7 Å². The fraction of sp³-hybridized carbons (Fsp3) is 0.917. The van der Waals surface area contributed by atoms with E-state index in [1.165, 1.54) is 19.4 Å². The highest BCUT2D eigenvalue weighted by molar-refractivity contribution is 4.86. The average Bonchev–Trinajstić information content (AvgIpc) is 2.76. The lowest BCUT2D eigenvalue weighted by Gasteiger charge is -2.35. The van der Waals surface area contributed by atoms with Crippen molar-refractivity contribution in [3.63, 3.8) is 0 Å². The highest BCUT2D eigenvalue weighted by Crippen LogP contribution is 2.22. The molecule has 0 amide bonds. The molecule has 1 N–H and O–H groups in total. The Kier molecular flexibility index (Phi) is 4.16. The maximum atomic E-state index is 8.67. The molecule has 0 aliphatic carbocycles. The van der Waals surface area contributed by atoms with Gasteiger partial charge in [-0.2, -0.15) is 5.26 Å². The third-order valence-electron chi connectivity index (χ3n) is 3.50. The predicted octanol–water partition coefficient (Wildman–Crippen LogP) is 0.599. The van der Waals surface area contributed by atoms with Gasteiger partial charge in [0.2, 0.25) is 0 Å². The highest BCUT2D eigenvalue weighted by Gasteiger charge is 2.31. The highest BCUT2D eigenvalue weighted by atomic mass is 16.5. The van der Waals surface area contributed by atoms with Crippen LogP contribution in [0.25, 0.3) is 0 Å². The zero-order chi connectivity index (χ0) is 11.4. The third-order valence-corrected chi connectivity index (χ3v) is 3.50. The minimum absolute atomic E-state index is 0.0862. The van der Waals surface area contributed by atoms with Crippen molar-refractivity contribution in [2.24, 2.45) is 5.92 Å². The Morgan fingerprint density at radius 2 is 2.50 bits per heavy atom. The van der Waals surface area contributed by atoms with Crippen LogP contribution in [0.1, 0.15) is 19.8 Å². The summed E-state index contributed by atoms with van der Waals surface area (Å²) in [5.41, 5.74) is 0. The smallest absolute Gasteiger partial charge is 0.0827 e. The third kappa shape index (κ3) is 2.94. The van der Waals surface area contributed by atoms with E-state index in [1.807, 2.05) is 6.92 Å². The number of fused-ring (bicyclic) bond motifs is 1. The second-order valence-electron chi connectivity index (χ2n) is 4.93. The van der Waals surface area contributed by atoms with Crippen LogP contribution in [-0.4, -0.2) is 49.8 Å². The molecule has 2 aliphatic heterocycles. The molecular weight excluding hydrogens is 202 g/mol. The van der Waals surface area contributed by atoms with E-state index in [0.717, 1.165) is 26.2 Å². The molecule has 0 radical (unpaired) electrons. The van der Waals surface area contributed by atoms with E-state index in [0.29, 0.717) is 12.1 Å². The van der Waals surface area contributed by atoms with E-state index < -0.39 is 0 Å². The Morgan fingerprint density at radius 1 is 1.62 bits per heavy atom. The first-order chi connectivity index (χ1) is 7.79. The van der Waals surface area contributed by atoms with Crippen LogP contribution in [0, 0.1) is 17.2 Å². The maximum Gasteiger partial charge on any atom is 0.0827 e. The number of morpholine rings is 1. The molecule has 2 heterocycles. The molecule has 2 aliphatic rings. The molecular formula is C12H21N3O. The molecule has 4 nitrogen and oxygen atoms in total. The summed E-state index contributed by atoms with van der Waals surface area (Å²) in [4.78, 5) is 2.55. The molecule has 4 heteroatoms. The summed E-state index contributed by atoms with van der Waals surface area (Å²) >= 11 is 0. The van der Waals surface area contributed by atoms with Gasteiger partial charge in [-0.25, -0.2) is 0 Å². The molecule has 0 aromatic heterocycles. The van der Waals surface area contributed by atoms with Gasteiger partial charge >= 0.3 is 0 Å². The molecule has 3 unspecified atom stereocenters. The number of nitriles is 1. The van der Waals surface area contributed by atoms with Crippen LogP contribution in [-0.2, 0) is 4.74 Å². The van der Waals surface area contributed by atoms with Crippen molar-refractivity contribution in [3.05, 3.63) is 0 Å². The number of hydrogen-bond donors (Lipinski definition) is 1. The van der Waals surface area contributed by atoms with Crippen LogP contribution in [0.5, 0.6) is 0 Å². The van der Waals surface area contributed by atoms with Crippen molar-refractivity contribution >= 4 is 0 Å². The molecule has 2 rings (SSSR count). The SMILES string of the molecule is CC(C#N)CNCC1CN2CCCC2CO1. The number of hydrogen-bond acceptors (Lipinski definition) is 4. The topological polar surface area (TPSA) is 48.3 Å². The maximum absolute atomic E-state index is 8.67. The Labute approximate surface area is 97.6 Å². The van der Waals surface area contributed by atoms with Gasteiger partial charge in [0.05, 0.1) is 24.7 Å². The summed E-state index contributed by atoms with van der Waals surface area (Å²) in [5, 5.41) is 12.0. The summed E-state index contributed by atoms with van der Waals surface area (Å²) < 4.78 is 5.82. The fourth-order valence-electron chi connectivity index (χ4n) is 2.52. The van der Waals surface area contributed by atoms with Crippen LogP contribution < -0.4 is 5.32 Å². The van der Waals surface area contributed by atoms with E-state index in [9.17, 15) is 0 Å². The lowest BCUT2D eigenvalue weighted by atomic mass is 10.1. The molecule has 0 bridgehead atoms. The van der Waals surface area contributed by atoms with Crippen molar-refractivity contribution < 1.29 is 4.74 Å². The van der Waals surface area contributed by atoms with Crippen molar-refractivity contribution in [2.75, 3.05) is 32.8 Å². The van der Waals surface area contributed by atoms with Crippen molar-refractivity contribution in [3.8, 4) is 6.07 Å². The van der Waals surface area contributed by atoms with Gasteiger partial charge in [-0.1, -0.05) is 0 Å².